The number of ether oxygens (including phenoxy) is 1. The maximum absolute atomic E-state index is 12.4. The van der Waals surface area contributed by atoms with E-state index in [0.29, 0.717) is 17.9 Å². The van der Waals surface area contributed by atoms with Crippen LogP contribution in [0.5, 0.6) is 5.75 Å². The van der Waals surface area contributed by atoms with E-state index in [1.165, 1.54) is 0 Å². The van der Waals surface area contributed by atoms with E-state index in [9.17, 15) is 4.79 Å². The number of nitrogens with zero attached hydrogens (tertiary/aromatic N) is 3. The third-order valence-corrected chi connectivity index (χ3v) is 4.39. The zero-order valence-electron chi connectivity index (χ0n) is 15.9. The quantitative estimate of drug-likeness (QED) is 0.521. The lowest BCUT2D eigenvalue weighted by Crippen LogP contribution is -2.34. The van der Waals surface area contributed by atoms with E-state index in [2.05, 4.69) is 20.4 Å². The van der Waals surface area contributed by atoms with Gasteiger partial charge in [0.1, 0.15) is 12.4 Å². The first-order chi connectivity index (χ1) is 14.2. The SMILES string of the molecule is CC(Cc1cccnc1)NC(=O)c1cc(COc2ccc3ncccc3c2)on1. The Balaban J connectivity index is 1.33. The lowest BCUT2D eigenvalue weighted by molar-refractivity contribution is 0.0930. The standard InChI is InChI=1S/C22H20N4O3/c1-15(10-16-4-2-8-23-13-16)25-22(27)21-12-19(29-26-21)14-28-18-6-7-20-17(11-18)5-3-9-24-20/h2-9,11-13,15H,10,14H2,1H3,(H,25,27). The molecule has 0 radical (unpaired) electrons. The molecule has 1 unspecified atom stereocenters. The Bertz CT molecular complexity index is 1110. The number of aromatic nitrogens is 3. The summed E-state index contributed by atoms with van der Waals surface area (Å²) in [6.45, 7) is 2.11. The van der Waals surface area contributed by atoms with Crippen LogP contribution in [0.3, 0.4) is 0 Å². The van der Waals surface area contributed by atoms with Gasteiger partial charge in [0.2, 0.25) is 0 Å². The summed E-state index contributed by atoms with van der Waals surface area (Å²) in [4.78, 5) is 20.7. The third-order valence-electron chi connectivity index (χ3n) is 4.39. The van der Waals surface area contributed by atoms with E-state index in [0.717, 1.165) is 16.5 Å². The minimum atomic E-state index is -0.284. The molecule has 0 aliphatic rings. The fourth-order valence-corrected chi connectivity index (χ4v) is 3.01. The molecule has 0 spiro atoms. The summed E-state index contributed by atoms with van der Waals surface area (Å²) in [5.74, 6) is 0.882. The van der Waals surface area contributed by atoms with E-state index in [4.69, 9.17) is 9.26 Å². The number of pyridine rings is 2. The second kappa shape index (κ2) is 8.52. The Labute approximate surface area is 167 Å². The minimum Gasteiger partial charge on any atom is -0.486 e. The molecular weight excluding hydrogens is 368 g/mol. The van der Waals surface area contributed by atoms with Gasteiger partial charge in [-0.05, 0) is 49.2 Å². The predicted molar refractivity (Wildman–Crippen MR) is 107 cm³/mol. The number of fused-ring (bicyclic) bond motifs is 1. The molecule has 146 valence electrons. The van der Waals surface area contributed by atoms with Crippen LogP contribution in [0.4, 0.5) is 0 Å². The summed E-state index contributed by atoms with van der Waals surface area (Å²) in [6.07, 6.45) is 5.95. The van der Waals surface area contributed by atoms with Gasteiger partial charge in [-0.3, -0.25) is 14.8 Å². The molecule has 4 aromatic rings. The maximum atomic E-state index is 12.4. The summed E-state index contributed by atoms with van der Waals surface area (Å²) in [7, 11) is 0. The molecule has 0 fully saturated rings. The monoisotopic (exact) mass is 388 g/mol. The first-order valence-electron chi connectivity index (χ1n) is 9.30. The van der Waals surface area contributed by atoms with E-state index in [-0.39, 0.29) is 24.2 Å². The molecule has 3 heterocycles. The molecule has 7 heteroatoms. The van der Waals surface area contributed by atoms with Crippen LogP contribution < -0.4 is 10.1 Å². The van der Waals surface area contributed by atoms with E-state index in [1.807, 2.05) is 49.4 Å². The third kappa shape index (κ3) is 4.76. The fraction of sp³-hybridized carbons (Fsp3) is 0.182. The Hall–Kier alpha value is -3.74. The smallest absolute Gasteiger partial charge is 0.273 e. The number of benzene rings is 1. The zero-order valence-corrected chi connectivity index (χ0v) is 15.9. The highest BCUT2D eigenvalue weighted by Gasteiger charge is 2.15. The van der Waals surface area contributed by atoms with Gasteiger partial charge in [0.15, 0.2) is 11.5 Å². The average molecular weight is 388 g/mol. The molecular formula is C22H20N4O3. The van der Waals surface area contributed by atoms with Gasteiger partial charge in [0, 0.05) is 36.1 Å². The first kappa shape index (κ1) is 18.6. The molecule has 0 aliphatic carbocycles. The largest absolute Gasteiger partial charge is 0.486 e. The van der Waals surface area contributed by atoms with Gasteiger partial charge in [-0.1, -0.05) is 17.3 Å². The van der Waals surface area contributed by atoms with Gasteiger partial charge in [-0.15, -0.1) is 0 Å². The Morgan fingerprint density at radius 1 is 1.17 bits per heavy atom. The van der Waals surface area contributed by atoms with Crippen LogP contribution in [0.2, 0.25) is 0 Å². The van der Waals surface area contributed by atoms with E-state index >= 15 is 0 Å². The van der Waals surface area contributed by atoms with Gasteiger partial charge < -0.3 is 14.6 Å². The van der Waals surface area contributed by atoms with Crippen LogP contribution in [-0.4, -0.2) is 27.1 Å². The zero-order chi connectivity index (χ0) is 20.1. The Morgan fingerprint density at radius 3 is 2.93 bits per heavy atom. The summed E-state index contributed by atoms with van der Waals surface area (Å²) >= 11 is 0. The van der Waals surface area contributed by atoms with Crippen molar-refractivity contribution >= 4 is 16.8 Å². The molecule has 0 bridgehead atoms. The van der Waals surface area contributed by atoms with Crippen molar-refractivity contribution < 1.29 is 14.1 Å². The van der Waals surface area contributed by atoms with Crippen LogP contribution >= 0.6 is 0 Å². The van der Waals surface area contributed by atoms with E-state index in [1.54, 1.807) is 24.7 Å². The van der Waals surface area contributed by atoms with Crippen molar-refractivity contribution in [3.8, 4) is 5.75 Å². The first-order valence-corrected chi connectivity index (χ1v) is 9.30. The van der Waals surface area contributed by atoms with Crippen LogP contribution in [0.25, 0.3) is 10.9 Å². The lowest BCUT2D eigenvalue weighted by Gasteiger charge is -2.12. The topological polar surface area (TPSA) is 90.1 Å². The van der Waals surface area contributed by atoms with Crippen LogP contribution in [0.1, 0.15) is 28.7 Å². The highest BCUT2D eigenvalue weighted by molar-refractivity contribution is 5.92. The van der Waals surface area contributed by atoms with Crippen molar-refractivity contribution in [2.75, 3.05) is 0 Å². The molecule has 0 saturated carbocycles. The molecule has 1 atom stereocenters. The molecule has 1 amide bonds. The average Bonchev–Trinajstić information content (AvgIpc) is 3.22. The summed E-state index contributed by atoms with van der Waals surface area (Å²) < 4.78 is 11.0. The van der Waals surface area contributed by atoms with Gasteiger partial charge in [0.05, 0.1) is 5.52 Å². The Morgan fingerprint density at radius 2 is 2.07 bits per heavy atom. The number of carbonyl (C=O) groups is 1. The van der Waals surface area contributed by atoms with Crippen molar-refractivity contribution in [1.29, 1.82) is 0 Å². The molecule has 1 N–H and O–H groups in total. The number of carbonyl (C=O) groups excluding carboxylic acids is 1. The van der Waals surface area contributed by atoms with Gasteiger partial charge >= 0.3 is 0 Å². The number of rotatable bonds is 7. The van der Waals surface area contributed by atoms with Gasteiger partial charge in [0.25, 0.3) is 5.91 Å². The highest BCUT2D eigenvalue weighted by atomic mass is 16.5. The van der Waals surface area contributed by atoms with Gasteiger partial charge in [-0.2, -0.15) is 0 Å². The molecule has 4 rings (SSSR count). The predicted octanol–water partition coefficient (Wildman–Crippen LogP) is 3.56. The fourth-order valence-electron chi connectivity index (χ4n) is 3.01. The van der Waals surface area contributed by atoms with Crippen LogP contribution in [-0.2, 0) is 13.0 Å². The van der Waals surface area contributed by atoms with Crippen molar-refractivity contribution in [3.05, 3.63) is 84.1 Å². The molecule has 3 aromatic heterocycles. The Kier molecular flexibility index (Phi) is 5.47. The summed E-state index contributed by atoms with van der Waals surface area (Å²) in [5.41, 5.74) is 2.18. The maximum Gasteiger partial charge on any atom is 0.273 e. The van der Waals surface area contributed by atoms with Crippen LogP contribution in [0, 0.1) is 0 Å². The second-order valence-electron chi connectivity index (χ2n) is 6.76. The number of amides is 1. The molecule has 0 saturated heterocycles. The molecule has 1 aromatic carbocycles. The second-order valence-corrected chi connectivity index (χ2v) is 6.76. The molecule has 7 nitrogen and oxygen atoms in total. The number of hydrogen-bond acceptors (Lipinski definition) is 6. The van der Waals surface area contributed by atoms with Crippen molar-refractivity contribution in [3.63, 3.8) is 0 Å². The highest BCUT2D eigenvalue weighted by Crippen LogP contribution is 2.20. The minimum absolute atomic E-state index is 0.0608. The van der Waals surface area contributed by atoms with Crippen molar-refractivity contribution in [2.45, 2.75) is 26.0 Å². The van der Waals surface area contributed by atoms with E-state index < -0.39 is 0 Å². The van der Waals surface area contributed by atoms with Crippen LogP contribution in [0.15, 0.2) is 71.6 Å². The molecule has 0 aliphatic heterocycles. The lowest BCUT2D eigenvalue weighted by atomic mass is 10.1. The summed E-state index contributed by atoms with van der Waals surface area (Å²) in [6, 6.07) is 14.9. The van der Waals surface area contributed by atoms with Crippen molar-refractivity contribution in [2.24, 2.45) is 0 Å². The number of nitrogens with one attached hydrogen (secondary N) is 1. The van der Waals surface area contributed by atoms with Crippen molar-refractivity contribution in [1.82, 2.24) is 20.4 Å². The normalized spacial score (nSPS) is 11.9. The number of hydrogen-bond donors (Lipinski definition) is 1. The summed E-state index contributed by atoms with van der Waals surface area (Å²) in [5, 5.41) is 7.75. The van der Waals surface area contributed by atoms with Gasteiger partial charge in [-0.25, -0.2) is 0 Å². The molecule has 29 heavy (non-hydrogen) atoms.